The molecular weight excluding hydrogens is 426 g/mol. The van der Waals surface area contributed by atoms with E-state index in [2.05, 4.69) is 15.5 Å². The van der Waals surface area contributed by atoms with Crippen molar-refractivity contribution in [2.45, 2.75) is 33.7 Å². The van der Waals surface area contributed by atoms with Gasteiger partial charge in [0.2, 0.25) is 5.91 Å². The molecule has 2 heterocycles. The molecule has 1 aliphatic rings. The summed E-state index contributed by atoms with van der Waals surface area (Å²) in [4.78, 5) is 28.2. The quantitative estimate of drug-likeness (QED) is 0.657. The summed E-state index contributed by atoms with van der Waals surface area (Å²) in [6, 6.07) is 9.86. The van der Waals surface area contributed by atoms with Crippen LogP contribution in [0.5, 0.6) is 5.75 Å². The van der Waals surface area contributed by atoms with Gasteiger partial charge in [-0.15, -0.1) is 11.3 Å². The summed E-state index contributed by atoms with van der Waals surface area (Å²) in [5, 5.41) is 6.71. The Labute approximate surface area is 194 Å². The molecular formula is C24H33N3O4S. The fraction of sp³-hybridized carbons (Fsp3) is 0.500. The van der Waals surface area contributed by atoms with Gasteiger partial charge in [-0.05, 0) is 36.2 Å². The zero-order chi connectivity index (χ0) is 23.3. The van der Waals surface area contributed by atoms with Gasteiger partial charge in [0.15, 0.2) is 0 Å². The number of anilines is 1. The standard InChI is InChI=1S/C24H33N3O4S/c1-16-14-20(26-23(29)24(2,3)4)32-21(16)22(28)25-15-19(27-10-12-31-13-11-27)17-6-8-18(30-5)9-7-17/h6-9,14,19H,10-13,15H2,1-5H3,(H,25,28)(H,26,29). The second kappa shape index (κ2) is 10.5. The summed E-state index contributed by atoms with van der Waals surface area (Å²) in [6.07, 6.45) is 0. The minimum atomic E-state index is -0.496. The van der Waals surface area contributed by atoms with Crippen molar-refractivity contribution in [1.29, 1.82) is 0 Å². The third-order valence-corrected chi connectivity index (χ3v) is 6.64. The molecule has 2 aromatic rings. The molecule has 1 fully saturated rings. The topological polar surface area (TPSA) is 79.9 Å². The van der Waals surface area contributed by atoms with Crippen LogP contribution in [0.15, 0.2) is 30.3 Å². The highest BCUT2D eigenvalue weighted by Gasteiger charge is 2.25. The SMILES string of the molecule is COc1ccc(C(CNC(=O)c2sc(NC(=O)C(C)(C)C)cc2C)N2CCOCC2)cc1. The van der Waals surface area contributed by atoms with Crippen LogP contribution in [0.3, 0.4) is 0 Å². The van der Waals surface area contributed by atoms with Crippen molar-refractivity contribution in [1.82, 2.24) is 10.2 Å². The molecule has 2 amide bonds. The number of methoxy groups -OCH3 is 1. The molecule has 1 aromatic carbocycles. The summed E-state index contributed by atoms with van der Waals surface area (Å²) in [6.45, 7) is 10.9. The van der Waals surface area contributed by atoms with Crippen LogP contribution < -0.4 is 15.4 Å². The lowest BCUT2D eigenvalue weighted by Gasteiger charge is -2.35. The number of ether oxygens (including phenoxy) is 2. The van der Waals surface area contributed by atoms with Crippen molar-refractivity contribution in [2.75, 3.05) is 45.3 Å². The molecule has 1 aliphatic heterocycles. The third kappa shape index (κ3) is 6.09. The molecule has 1 atom stereocenters. The Hall–Kier alpha value is -2.42. The number of carbonyl (C=O) groups is 2. The van der Waals surface area contributed by atoms with Gasteiger partial charge in [-0.3, -0.25) is 14.5 Å². The lowest BCUT2D eigenvalue weighted by molar-refractivity contribution is -0.123. The van der Waals surface area contributed by atoms with Gasteiger partial charge in [-0.25, -0.2) is 0 Å². The minimum absolute atomic E-state index is 0.0362. The van der Waals surface area contributed by atoms with Crippen molar-refractivity contribution in [3.63, 3.8) is 0 Å². The van der Waals surface area contributed by atoms with E-state index in [1.54, 1.807) is 7.11 Å². The van der Waals surface area contributed by atoms with Crippen molar-refractivity contribution in [2.24, 2.45) is 5.41 Å². The van der Waals surface area contributed by atoms with E-state index in [4.69, 9.17) is 9.47 Å². The first kappa shape index (κ1) is 24.2. The molecule has 32 heavy (non-hydrogen) atoms. The lowest BCUT2D eigenvalue weighted by Crippen LogP contribution is -2.43. The van der Waals surface area contributed by atoms with Gasteiger partial charge in [0.05, 0.1) is 36.2 Å². The van der Waals surface area contributed by atoms with Crippen LogP contribution in [0.25, 0.3) is 0 Å². The van der Waals surface area contributed by atoms with Crippen LogP contribution in [-0.4, -0.2) is 56.7 Å². The highest BCUT2D eigenvalue weighted by molar-refractivity contribution is 7.18. The number of thiophene rings is 1. The van der Waals surface area contributed by atoms with Crippen LogP contribution in [0.2, 0.25) is 0 Å². The summed E-state index contributed by atoms with van der Waals surface area (Å²) in [5.41, 5.74) is 1.47. The summed E-state index contributed by atoms with van der Waals surface area (Å²) in [7, 11) is 1.65. The molecule has 174 valence electrons. The lowest BCUT2D eigenvalue weighted by atomic mass is 9.96. The van der Waals surface area contributed by atoms with Crippen molar-refractivity contribution >= 4 is 28.2 Å². The van der Waals surface area contributed by atoms with Gasteiger partial charge in [0, 0.05) is 25.0 Å². The number of nitrogens with zero attached hydrogens (tertiary/aromatic N) is 1. The number of nitrogens with one attached hydrogen (secondary N) is 2. The first-order valence-electron chi connectivity index (χ1n) is 10.8. The summed E-state index contributed by atoms with van der Waals surface area (Å²) in [5.74, 6) is 0.602. The molecule has 1 aromatic heterocycles. The number of benzene rings is 1. The fourth-order valence-corrected chi connectivity index (χ4v) is 4.50. The Morgan fingerprint density at radius 2 is 1.84 bits per heavy atom. The highest BCUT2D eigenvalue weighted by Crippen LogP contribution is 2.29. The predicted octanol–water partition coefficient (Wildman–Crippen LogP) is 3.85. The predicted molar refractivity (Wildman–Crippen MR) is 128 cm³/mol. The smallest absolute Gasteiger partial charge is 0.261 e. The van der Waals surface area contributed by atoms with Crippen molar-refractivity contribution < 1.29 is 19.1 Å². The zero-order valence-corrected chi connectivity index (χ0v) is 20.3. The van der Waals surface area contributed by atoms with E-state index in [0.29, 0.717) is 29.6 Å². The molecule has 3 rings (SSSR count). The molecule has 8 heteroatoms. The fourth-order valence-electron chi connectivity index (χ4n) is 3.51. The Balaban J connectivity index is 1.71. The number of hydrogen-bond acceptors (Lipinski definition) is 6. The number of aryl methyl sites for hydroxylation is 1. The number of rotatable bonds is 7. The molecule has 0 radical (unpaired) electrons. The maximum absolute atomic E-state index is 13.0. The van der Waals surface area contributed by atoms with E-state index in [0.717, 1.165) is 30.0 Å². The van der Waals surface area contributed by atoms with E-state index in [9.17, 15) is 9.59 Å². The molecule has 0 aliphatic carbocycles. The van der Waals surface area contributed by atoms with Gasteiger partial charge >= 0.3 is 0 Å². The van der Waals surface area contributed by atoms with Crippen LogP contribution >= 0.6 is 11.3 Å². The van der Waals surface area contributed by atoms with Gasteiger partial charge in [0.1, 0.15) is 5.75 Å². The van der Waals surface area contributed by atoms with Crippen molar-refractivity contribution in [3.8, 4) is 5.75 Å². The molecule has 1 unspecified atom stereocenters. The van der Waals surface area contributed by atoms with E-state index in [1.807, 2.05) is 58.0 Å². The molecule has 0 saturated carbocycles. The molecule has 7 nitrogen and oxygen atoms in total. The maximum atomic E-state index is 13.0. The number of hydrogen-bond donors (Lipinski definition) is 2. The van der Waals surface area contributed by atoms with E-state index < -0.39 is 5.41 Å². The summed E-state index contributed by atoms with van der Waals surface area (Å²) >= 11 is 1.31. The van der Waals surface area contributed by atoms with Crippen LogP contribution in [0.4, 0.5) is 5.00 Å². The number of morpholine rings is 1. The Morgan fingerprint density at radius 1 is 1.19 bits per heavy atom. The van der Waals surface area contributed by atoms with Gasteiger partial charge in [-0.1, -0.05) is 32.9 Å². The summed E-state index contributed by atoms with van der Waals surface area (Å²) < 4.78 is 10.8. The zero-order valence-electron chi connectivity index (χ0n) is 19.5. The molecule has 0 bridgehead atoms. The van der Waals surface area contributed by atoms with Crippen LogP contribution in [0, 0.1) is 12.3 Å². The number of amides is 2. The highest BCUT2D eigenvalue weighted by atomic mass is 32.1. The monoisotopic (exact) mass is 459 g/mol. The van der Waals surface area contributed by atoms with Crippen molar-refractivity contribution in [3.05, 3.63) is 46.3 Å². The average molecular weight is 460 g/mol. The minimum Gasteiger partial charge on any atom is -0.497 e. The molecule has 0 spiro atoms. The molecule has 1 saturated heterocycles. The second-order valence-electron chi connectivity index (χ2n) is 8.97. The average Bonchev–Trinajstić information content (AvgIpc) is 3.14. The third-order valence-electron chi connectivity index (χ3n) is 5.48. The second-order valence-corrected chi connectivity index (χ2v) is 10.0. The van der Waals surface area contributed by atoms with Gasteiger partial charge in [-0.2, -0.15) is 0 Å². The van der Waals surface area contributed by atoms with E-state index >= 15 is 0 Å². The first-order chi connectivity index (χ1) is 15.2. The van der Waals surface area contributed by atoms with Gasteiger partial charge < -0.3 is 20.1 Å². The Bertz CT molecular complexity index is 928. The Morgan fingerprint density at radius 3 is 2.44 bits per heavy atom. The van der Waals surface area contributed by atoms with Gasteiger partial charge in [0.25, 0.3) is 5.91 Å². The van der Waals surface area contributed by atoms with Crippen LogP contribution in [0.1, 0.15) is 47.6 Å². The Kier molecular flexibility index (Phi) is 7.92. The van der Waals surface area contributed by atoms with E-state index in [1.165, 1.54) is 11.3 Å². The largest absolute Gasteiger partial charge is 0.497 e. The molecule has 2 N–H and O–H groups in total. The normalized spacial score (nSPS) is 15.8. The van der Waals surface area contributed by atoms with Crippen LogP contribution in [-0.2, 0) is 9.53 Å². The maximum Gasteiger partial charge on any atom is 0.261 e. The first-order valence-corrected chi connectivity index (χ1v) is 11.7. The van der Waals surface area contributed by atoms with E-state index in [-0.39, 0.29) is 17.9 Å². The number of carbonyl (C=O) groups excluding carboxylic acids is 2.